The topological polar surface area (TPSA) is 147 Å². The maximum absolute atomic E-state index is 10.6. The van der Waals surface area contributed by atoms with E-state index in [1.54, 1.807) is 0 Å². The Morgan fingerprint density at radius 1 is 1.38 bits per heavy atom. The van der Waals surface area contributed by atoms with Gasteiger partial charge in [0, 0.05) is 0 Å². The molecule has 3 N–H and O–H groups in total. The molecule has 0 aromatic heterocycles. The van der Waals surface area contributed by atoms with E-state index in [9.17, 15) is 23.1 Å². The van der Waals surface area contributed by atoms with Crippen LogP contribution in [0.5, 0.6) is 5.75 Å². The van der Waals surface area contributed by atoms with Crippen LogP contribution in [0.4, 0.5) is 11.4 Å². The number of phenols is 1. The molecule has 16 heavy (non-hydrogen) atoms. The molecule has 0 aliphatic heterocycles. The van der Waals surface area contributed by atoms with Crippen LogP contribution in [0.2, 0.25) is 0 Å². The van der Waals surface area contributed by atoms with Crippen LogP contribution in [-0.2, 0) is 10.1 Å². The first-order valence-corrected chi connectivity index (χ1v) is 4.87. The first-order valence-electron chi connectivity index (χ1n) is 3.46. The second-order valence-corrected chi connectivity index (χ2v) is 3.94. The predicted octanol–water partition coefficient (Wildman–Crippen LogP) is -3.21. The van der Waals surface area contributed by atoms with Gasteiger partial charge in [0.15, 0.2) is 0 Å². The third kappa shape index (κ3) is 3.06. The number of hydrogen-bond acceptors (Lipinski definition) is 7. The minimum atomic E-state index is -4.95. The fourth-order valence-electron chi connectivity index (χ4n) is 0.956. The second-order valence-electron chi connectivity index (χ2n) is 2.59. The molecule has 0 heterocycles. The fourth-order valence-corrected chi connectivity index (χ4v) is 1.59. The number of anilines is 1. The standard InChI is InChI=1S/C6H6N2O6S.Na/c7-6-4(8(10)11)1-3(9)2-5(6)15(12,13)14;/h1-2,9H,7H2,(H,12,13,14);/q;+1/p-1. The molecular formula is C6H5N2NaO6S. The first kappa shape index (κ1) is 15.1. The number of hydrogen-bond donors (Lipinski definition) is 2. The molecule has 0 fully saturated rings. The number of benzene rings is 1. The molecule has 0 aliphatic rings. The Bertz CT molecular complexity index is 528. The Kier molecular flexibility index (Phi) is 4.70. The average molecular weight is 256 g/mol. The zero-order chi connectivity index (χ0) is 11.8. The van der Waals surface area contributed by atoms with Crippen LogP contribution in [0.1, 0.15) is 0 Å². The number of aromatic hydroxyl groups is 1. The number of nitro groups is 1. The quantitative estimate of drug-likeness (QED) is 0.141. The van der Waals surface area contributed by atoms with E-state index >= 15 is 0 Å². The molecule has 0 spiro atoms. The van der Waals surface area contributed by atoms with Crippen molar-refractivity contribution in [2.45, 2.75) is 4.90 Å². The van der Waals surface area contributed by atoms with Crippen molar-refractivity contribution < 1.29 is 52.6 Å². The van der Waals surface area contributed by atoms with E-state index in [1.807, 2.05) is 0 Å². The van der Waals surface area contributed by atoms with Crippen LogP contribution >= 0.6 is 0 Å². The summed E-state index contributed by atoms with van der Waals surface area (Å²) in [6, 6.07) is 1.22. The van der Waals surface area contributed by atoms with Gasteiger partial charge in [-0.15, -0.1) is 0 Å². The third-order valence-corrected chi connectivity index (χ3v) is 2.45. The Labute approximate surface area is 112 Å². The van der Waals surface area contributed by atoms with Crippen molar-refractivity contribution in [1.29, 1.82) is 0 Å². The van der Waals surface area contributed by atoms with Gasteiger partial charge in [-0.3, -0.25) is 10.1 Å². The average Bonchev–Trinajstić information content (AvgIpc) is 2.06. The summed E-state index contributed by atoms with van der Waals surface area (Å²) in [5, 5.41) is 19.3. The number of nitrogens with two attached hydrogens (primary N) is 1. The predicted molar refractivity (Wildman–Crippen MR) is 47.1 cm³/mol. The van der Waals surface area contributed by atoms with Gasteiger partial charge >= 0.3 is 29.6 Å². The van der Waals surface area contributed by atoms with Gasteiger partial charge in [-0.05, 0) is 6.07 Å². The van der Waals surface area contributed by atoms with E-state index in [4.69, 9.17) is 10.8 Å². The number of nitrogen functional groups attached to an aromatic ring is 1. The molecule has 0 unspecified atom stereocenters. The van der Waals surface area contributed by atoms with Crippen molar-refractivity contribution in [3.8, 4) is 5.75 Å². The van der Waals surface area contributed by atoms with E-state index in [-0.39, 0.29) is 29.6 Å². The minimum absolute atomic E-state index is 0. The Balaban J connectivity index is 0.00000225. The van der Waals surface area contributed by atoms with Gasteiger partial charge in [-0.25, -0.2) is 8.42 Å². The monoisotopic (exact) mass is 256 g/mol. The van der Waals surface area contributed by atoms with Crippen LogP contribution < -0.4 is 35.3 Å². The molecule has 8 nitrogen and oxygen atoms in total. The third-order valence-electron chi connectivity index (χ3n) is 1.57. The van der Waals surface area contributed by atoms with Crippen LogP contribution in [-0.4, -0.2) is 23.0 Å². The minimum Gasteiger partial charge on any atom is -0.744 e. The first-order chi connectivity index (χ1) is 6.73. The number of nitrogens with zero attached hydrogens (tertiary/aromatic N) is 1. The van der Waals surface area contributed by atoms with Crippen molar-refractivity contribution in [3.05, 3.63) is 22.2 Å². The molecule has 1 aromatic carbocycles. The molecular weight excluding hydrogens is 251 g/mol. The van der Waals surface area contributed by atoms with Gasteiger partial charge in [-0.1, -0.05) is 0 Å². The van der Waals surface area contributed by atoms with Crippen molar-refractivity contribution in [2.24, 2.45) is 0 Å². The van der Waals surface area contributed by atoms with Crippen molar-refractivity contribution in [1.82, 2.24) is 0 Å². The number of rotatable bonds is 2. The van der Waals surface area contributed by atoms with Gasteiger partial charge in [0.2, 0.25) is 0 Å². The summed E-state index contributed by atoms with van der Waals surface area (Å²) in [6.45, 7) is 0. The Hall–Kier alpha value is -0.870. The van der Waals surface area contributed by atoms with Gasteiger partial charge in [0.25, 0.3) is 5.69 Å². The molecule has 0 saturated carbocycles. The molecule has 0 radical (unpaired) electrons. The summed E-state index contributed by atoms with van der Waals surface area (Å²) in [6.07, 6.45) is 0. The van der Waals surface area contributed by atoms with Crippen LogP contribution in [0, 0.1) is 10.1 Å². The largest absolute Gasteiger partial charge is 1.00 e. The van der Waals surface area contributed by atoms with Crippen molar-refractivity contribution in [3.63, 3.8) is 0 Å². The summed E-state index contributed by atoms with van der Waals surface area (Å²) in [4.78, 5) is 8.37. The van der Waals surface area contributed by atoms with Crippen LogP contribution in [0.25, 0.3) is 0 Å². The van der Waals surface area contributed by atoms with E-state index in [2.05, 4.69) is 0 Å². The fraction of sp³-hybridized carbons (Fsp3) is 0. The van der Waals surface area contributed by atoms with Crippen LogP contribution in [0.3, 0.4) is 0 Å². The normalized spacial score (nSPS) is 10.6. The van der Waals surface area contributed by atoms with Gasteiger partial charge in [0.1, 0.15) is 21.6 Å². The summed E-state index contributed by atoms with van der Waals surface area (Å²) >= 11 is 0. The zero-order valence-corrected chi connectivity index (χ0v) is 10.9. The van der Waals surface area contributed by atoms with E-state index in [0.29, 0.717) is 12.1 Å². The second kappa shape index (κ2) is 4.97. The molecule has 10 heteroatoms. The van der Waals surface area contributed by atoms with Crippen molar-refractivity contribution >= 4 is 21.5 Å². The maximum Gasteiger partial charge on any atom is 1.00 e. The number of phenolic OH excluding ortho intramolecular Hbond substituents is 1. The molecule has 0 bridgehead atoms. The summed E-state index contributed by atoms with van der Waals surface area (Å²) in [7, 11) is -4.95. The van der Waals surface area contributed by atoms with Gasteiger partial charge in [0.05, 0.1) is 15.9 Å². The van der Waals surface area contributed by atoms with Gasteiger partial charge < -0.3 is 15.4 Å². The molecule has 1 rings (SSSR count). The van der Waals surface area contributed by atoms with Gasteiger partial charge in [-0.2, -0.15) is 0 Å². The van der Waals surface area contributed by atoms with E-state index < -0.39 is 37.1 Å². The molecule has 82 valence electrons. The Morgan fingerprint density at radius 3 is 2.25 bits per heavy atom. The molecule has 0 aliphatic carbocycles. The van der Waals surface area contributed by atoms with Crippen molar-refractivity contribution in [2.75, 3.05) is 5.73 Å². The van der Waals surface area contributed by atoms with Crippen LogP contribution in [0.15, 0.2) is 17.0 Å². The van der Waals surface area contributed by atoms with E-state index in [1.165, 1.54) is 0 Å². The SMILES string of the molecule is Nc1c([N+](=O)[O-])cc(O)cc1S(=O)(=O)[O-].[Na+]. The Morgan fingerprint density at radius 2 is 1.88 bits per heavy atom. The molecule has 1 aromatic rings. The summed E-state index contributed by atoms with van der Waals surface area (Å²) in [5.41, 5.74) is 3.49. The smallest absolute Gasteiger partial charge is 0.744 e. The van der Waals surface area contributed by atoms with E-state index in [0.717, 1.165) is 0 Å². The summed E-state index contributed by atoms with van der Waals surface area (Å²) in [5.74, 6) is -0.717. The molecule has 0 atom stereocenters. The molecule has 0 amide bonds. The summed E-state index contributed by atoms with van der Waals surface area (Å²) < 4.78 is 31.8. The molecule has 0 saturated heterocycles. The maximum atomic E-state index is 10.6. The zero-order valence-electron chi connectivity index (χ0n) is 8.08. The number of nitro benzene ring substituents is 1.